The Morgan fingerprint density at radius 3 is 2.74 bits per heavy atom. The number of guanidine groups is 1. The van der Waals surface area contributed by atoms with Crippen molar-refractivity contribution < 1.29 is 4.39 Å². The molecule has 0 saturated carbocycles. The zero-order valence-corrected chi connectivity index (χ0v) is 16.4. The highest BCUT2D eigenvalue weighted by Gasteiger charge is 2.22. The molecule has 1 fully saturated rings. The number of hydrogen-bond acceptors (Lipinski definition) is 2. The van der Waals surface area contributed by atoms with Crippen molar-refractivity contribution in [2.45, 2.75) is 26.3 Å². The van der Waals surface area contributed by atoms with Gasteiger partial charge in [-0.25, -0.2) is 4.39 Å². The van der Waals surface area contributed by atoms with Crippen LogP contribution in [0.1, 0.15) is 30.5 Å². The van der Waals surface area contributed by atoms with Crippen molar-refractivity contribution in [1.29, 1.82) is 0 Å². The van der Waals surface area contributed by atoms with E-state index in [1.807, 2.05) is 19.1 Å². The number of aliphatic imine (C=N–C) groups is 1. The second-order valence-electron chi connectivity index (χ2n) is 7.26. The van der Waals surface area contributed by atoms with Crippen molar-refractivity contribution >= 4 is 11.6 Å². The Labute approximate surface area is 161 Å². The highest BCUT2D eigenvalue weighted by atomic mass is 19.1. The maximum atomic E-state index is 13.8. The zero-order valence-electron chi connectivity index (χ0n) is 16.4. The van der Waals surface area contributed by atoms with E-state index in [0.717, 1.165) is 37.6 Å². The van der Waals surface area contributed by atoms with Crippen LogP contribution >= 0.6 is 0 Å². The fourth-order valence-electron chi connectivity index (χ4n) is 3.48. The highest BCUT2D eigenvalue weighted by Crippen LogP contribution is 2.23. The second-order valence-corrected chi connectivity index (χ2v) is 7.26. The normalized spacial score (nSPS) is 18.4. The molecule has 1 saturated heterocycles. The van der Waals surface area contributed by atoms with Crippen molar-refractivity contribution in [3.05, 3.63) is 65.5 Å². The van der Waals surface area contributed by atoms with E-state index in [2.05, 4.69) is 50.9 Å². The summed E-state index contributed by atoms with van der Waals surface area (Å²) in [7, 11) is 1.77. The number of aryl methyl sites for hydroxylation is 1. The maximum Gasteiger partial charge on any atom is 0.191 e. The van der Waals surface area contributed by atoms with Crippen molar-refractivity contribution in [1.82, 2.24) is 10.6 Å². The van der Waals surface area contributed by atoms with Crippen molar-refractivity contribution in [2.75, 3.05) is 31.6 Å². The van der Waals surface area contributed by atoms with E-state index in [-0.39, 0.29) is 11.9 Å². The van der Waals surface area contributed by atoms with E-state index < -0.39 is 0 Å². The van der Waals surface area contributed by atoms with Gasteiger partial charge in [0.25, 0.3) is 0 Å². The first-order chi connectivity index (χ1) is 13.1. The Hall–Kier alpha value is -2.56. The number of para-hydroxylation sites is 1. The molecule has 3 rings (SSSR count). The van der Waals surface area contributed by atoms with Crippen LogP contribution < -0.4 is 15.5 Å². The van der Waals surface area contributed by atoms with Crippen LogP contribution in [0.25, 0.3) is 0 Å². The van der Waals surface area contributed by atoms with Crippen molar-refractivity contribution in [2.24, 2.45) is 10.9 Å². The molecule has 144 valence electrons. The molecular weight excluding hydrogens is 339 g/mol. The third kappa shape index (κ3) is 5.00. The first-order valence-electron chi connectivity index (χ1n) is 9.60. The minimum atomic E-state index is -0.170. The minimum absolute atomic E-state index is 0.0179. The molecule has 2 N–H and O–H groups in total. The lowest BCUT2D eigenvalue weighted by atomic mass is 10.1. The lowest BCUT2D eigenvalue weighted by molar-refractivity contribution is 0.559. The quantitative estimate of drug-likeness (QED) is 0.621. The molecular formula is C22H29FN4. The number of hydrogen-bond donors (Lipinski definition) is 2. The Morgan fingerprint density at radius 2 is 2.04 bits per heavy atom. The monoisotopic (exact) mass is 368 g/mol. The fourth-order valence-corrected chi connectivity index (χ4v) is 3.48. The van der Waals surface area contributed by atoms with Crippen LogP contribution in [0.5, 0.6) is 0 Å². The van der Waals surface area contributed by atoms with Gasteiger partial charge in [-0.3, -0.25) is 4.99 Å². The van der Waals surface area contributed by atoms with Crippen molar-refractivity contribution in [3.63, 3.8) is 0 Å². The number of anilines is 1. The number of halogens is 1. The van der Waals surface area contributed by atoms with Crippen LogP contribution in [-0.4, -0.2) is 32.6 Å². The molecule has 0 aliphatic carbocycles. The summed E-state index contributed by atoms with van der Waals surface area (Å²) < 4.78 is 13.8. The van der Waals surface area contributed by atoms with E-state index in [1.54, 1.807) is 20.0 Å². The van der Waals surface area contributed by atoms with Gasteiger partial charge >= 0.3 is 0 Å². The van der Waals surface area contributed by atoms with Gasteiger partial charge < -0.3 is 15.5 Å². The minimum Gasteiger partial charge on any atom is -0.371 e. The topological polar surface area (TPSA) is 39.7 Å². The molecule has 0 aromatic heterocycles. The standard InChI is InChI=1S/C22H29FN4/c1-16-9-10-19(13-21(16)23)17(2)26-22(24-3)25-14-18-11-12-27(15-18)20-7-5-4-6-8-20/h4-10,13,17-18H,11-12,14-15H2,1-3H3,(H2,24,25,26). The van der Waals surface area contributed by atoms with Gasteiger partial charge in [0.05, 0.1) is 6.04 Å². The highest BCUT2D eigenvalue weighted by molar-refractivity contribution is 5.80. The number of rotatable bonds is 5. The number of nitrogens with one attached hydrogen (secondary N) is 2. The Morgan fingerprint density at radius 1 is 1.26 bits per heavy atom. The van der Waals surface area contributed by atoms with Gasteiger partial charge in [0.2, 0.25) is 0 Å². The predicted octanol–water partition coefficient (Wildman–Crippen LogP) is 3.89. The predicted molar refractivity (Wildman–Crippen MR) is 111 cm³/mol. The molecule has 5 heteroatoms. The average molecular weight is 369 g/mol. The van der Waals surface area contributed by atoms with E-state index >= 15 is 0 Å². The molecule has 0 radical (unpaired) electrons. The summed E-state index contributed by atoms with van der Waals surface area (Å²) >= 11 is 0. The average Bonchev–Trinajstić information content (AvgIpc) is 3.17. The van der Waals surface area contributed by atoms with Crippen molar-refractivity contribution in [3.8, 4) is 0 Å². The van der Waals surface area contributed by atoms with Crippen LogP contribution in [0.2, 0.25) is 0 Å². The van der Waals surface area contributed by atoms with Gasteiger partial charge in [0.15, 0.2) is 5.96 Å². The van der Waals surface area contributed by atoms with E-state index in [9.17, 15) is 4.39 Å². The molecule has 2 unspecified atom stereocenters. The van der Waals surface area contributed by atoms with Gasteiger partial charge in [-0.1, -0.05) is 30.3 Å². The van der Waals surface area contributed by atoms with Crippen LogP contribution in [0.4, 0.5) is 10.1 Å². The van der Waals surface area contributed by atoms with Crippen LogP contribution in [0.15, 0.2) is 53.5 Å². The first-order valence-corrected chi connectivity index (χ1v) is 9.60. The summed E-state index contributed by atoms with van der Waals surface area (Å²) in [4.78, 5) is 6.75. The Balaban J connectivity index is 1.50. The number of nitrogens with zero attached hydrogens (tertiary/aromatic N) is 2. The van der Waals surface area contributed by atoms with Gasteiger partial charge in [0, 0.05) is 32.4 Å². The van der Waals surface area contributed by atoms with E-state index in [1.165, 1.54) is 5.69 Å². The number of benzene rings is 2. The van der Waals surface area contributed by atoms with E-state index in [4.69, 9.17) is 0 Å². The molecule has 0 bridgehead atoms. The Bertz CT molecular complexity index is 775. The summed E-state index contributed by atoms with van der Waals surface area (Å²) in [6, 6.07) is 15.9. The third-order valence-corrected chi connectivity index (χ3v) is 5.24. The SMILES string of the molecule is CN=C(NCC1CCN(c2ccccc2)C1)NC(C)c1ccc(C)c(F)c1. The summed E-state index contributed by atoms with van der Waals surface area (Å²) in [6.07, 6.45) is 1.16. The summed E-state index contributed by atoms with van der Waals surface area (Å²) in [6.45, 7) is 6.80. The molecule has 2 atom stereocenters. The van der Waals surface area contributed by atoms with Gasteiger partial charge in [-0.05, 0) is 55.5 Å². The van der Waals surface area contributed by atoms with Gasteiger partial charge in [0.1, 0.15) is 5.82 Å². The fraction of sp³-hybridized carbons (Fsp3) is 0.409. The molecule has 27 heavy (non-hydrogen) atoms. The smallest absolute Gasteiger partial charge is 0.191 e. The zero-order chi connectivity index (χ0) is 19.2. The molecule has 2 aromatic carbocycles. The molecule has 1 aliphatic heterocycles. The van der Waals surface area contributed by atoms with Crippen LogP contribution in [-0.2, 0) is 0 Å². The molecule has 2 aromatic rings. The first kappa shape index (κ1) is 19.2. The largest absolute Gasteiger partial charge is 0.371 e. The third-order valence-electron chi connectivity index (χ3n) is 5.24. The lowest BCUT2D eigenvalue weighted by Crippen LogP contribution is -2.41. The molecule has 1 aliphatic rings. The van der Waals surface area contributed by atoms with Gasteiger partial charge in [-0.15, -0.1) is 0 Å². The van der Waals surface area contributed by atoms with Gasteiger partial charge in [-0.2, -0.15) is 0 Å². The second kappa shape index (κ2) is 8.89. The van der Waals surface area contributed by atoms with E-state index in [0.29, 0.717) is 11.5 Å². The lowest BCUT2D eigenvalue weighted by Gasteiger charge is -2.21. The molecule has 4 nitrogen and oxygen atoms in total. The van der Waals surface area contributed by atoms with Crippen LogP contribution in [0, 0.1) is 18.7 Å². The molecule has 0 amide bonds. The Kier molecular flexibility index (Phi) is 6.32. The summed E-state index contributed by atoms with van der Waals surface area (Å²) in [5, 5.41) is 6.78. The summed E-state index contributed by atoms with van der Waals surface area (Å²) in [5.74, 6) is 1.16. The molecule has 1 heterocycles. The molecule has 0 spiro atoms. The van der Waals surface area contributed by atoms with Crippen LogP contribution in [0.3, 0.4) is 0 Å². The maximum absolute atomic E-state index is 13.8. The summed E-state index contributed by atoms with van der Waals surface area (Å²) in [5.41, 5.74) is 2.87.